The van der Waals surface area contributed by atoms with Crippen molar-refractivity contribution in [3.63, 3.8) is 0 Å². The van der Waals surface area contributed by atoms with E-state index in [4.69, 9.17) is 32.7 Å². The summed E-state index contributed by atoms with van der Waals surface area (Å²) in [6.45, 7) is 5.93. The van der Waals surface area contributed by atoms with Gasteiger partial charge in [0.1, 0.15) is 11.9 Å². The molecule has 0 saturated heterocycles. The molecule has 0 aliphatic heterocycles. The first-order chi connectivity index (χ1) is 7.97. The molecule has 0 atom stereocenters. The fourth-order valence-corrected chi connectivity index (χ4v) is 1.48. The van der Waals surface area contributed by atoms with Crippen molar-refractivity contribution >= 4 is 29.2 Å². The van der Waals surface area contributed by atoms with Crippen molar-refractivity contribution < 1.29 is 14.3 Å². The fourth-order valence-electron chi connectivity index (χ4n) is 1.13. The Balaban J connectivity index is 2.97. The lowest BCUT2D eigenvalue weighted by Crippen LogP contribution is -2.18. The second kappa shape index (κ2) is 6.23. The molecule has 5 nitrogen and oxygen atoms in total. The number of hydrogen-bond donors (Lipinski definition) is 0. The normalized spacial score (nSPS) is 10.9. The van der Waals surface area contributed by atoms with Gasteiger partial charge in [0.25, 0.3) is 0 Å². The third-order valence-electron chi connectivity index (χ3n) is 1.82. The molecule has 7 heteroatoms. The Morgan fingerprint density at radius 1 is 1.47 bits per heavy atom. The molecule has 1 aromatic heterocycles. The monoisotopic (exact) mass is 280 g/mol. The quantitative estimate of drug-likeness (QED) is 0.779. The molecule has 0 aromatic carbocycles. The van der Waals surface area contributed by atoms with Crippen molar-refractivity contribution in [3.8, 4) is 0 Å². The number of ether oxygens (including phenoxy) is 2. The minimum atomic E-state index is -0.575. The van der Waals surface area contributed by atoms with Crippen molar-refractivity contribution in [1.29, 1.82) is 0 Å². The van der Waals surface area contributed by atoms with E-state index in [-0.39, 0.29) is 29.0 Å². The van der Waals surface area contributed by atoms with E-state index in [1.807, 2.05) is 6.92 Å². The molecule has 0 bridgehead atoms. The number of carbonyl (C=O) groups excluding carboxylic acids is 1. The molecular weight excluding hydrogens is 267 g/mol. The minimum absolute atomic E-state index is 0.0437. The lowest BCUT2D eigenvalue weighted by molar-refractivity contribution is 0.0326. The smallest absolute Gasteiger partial charge is 0.374 e. The van der Waals surface area contributed by atoms with Crippen LogP contribution in [-0.4, -0.2) is 28.2 Å². The zero-order chi connectivity index (χ0) is 13.0. The van der Waals surface area contributed by atoms with Gasteiger partial charge in [-0.1, -0.05) is 23.2 Å². The zero-order valence-corrected chi connectivity index (χ0v) is 11.4. The SMILES string of the molecule is CCOCn1c(C(=O)OC(C)C)nc(Cl)c1Cl. The van der Waals surface area contributed by atoms with Crippen molar-refractivity contribution in [3.05, 3.63) is 16.1 Å². The Bertz CT molecular complexity index is 405. The summed E-state index contributed by atoms with van der Waals surface area (Å²) in [7, 11) is 0. The number of carbonyl (C=O) groups is 1. The van der Waals surface area contributed by atoms with Crippen LogP contribution in [-0.2, 0) is 16.2 Å². The van der Waals surface area contributed by atoms with Crippen LogP contribution in [0.25, 0.3) is 0 Å². The minimum Gasteiger partial charge on any atom is -0.457 e. The molecule has 0 saturated carbocycles. The van der Waals surface area contributed by atoms with Gasteiger partial charge in [-0.2, -0.15) is 0 Å². The summed E-state index contributed by atoms with van der Waals surface area (Å²) < 4.78 is 11.6. The number of esters is 1. The van der Waals surface area contributed by atoms with Crippen LogP contribution in [0.15, 0.2) is 0 Å². The summed E-state index contributed by atoms with van der Waals surface area (Å²) >= 11 is 11.7. The van der Waals surface area contributed by atoms with E-state index in [1.165, 1.54) is 4.57 Å². The summed E-state index contributed by atoms with van der Waals surface area (Å²) in [6.07, 6.45) is -0.239. The van der Waals surface area contributed by atoms with Crippen molar-refractivity contribution in [1.82, 2.24) is 9.55 Å². The maximum atomic E-state index is 11.7. The highest BCUT2D eigenvalue weighted by Crippen LogP contribution is 2.23. The molecule has 0 fully saturated rings. The standard InChI is InChI=1S/C10H14Cl2N2O3/c1-4-16-5-14-8(12)7(11)13-9(14)10(15)17-6(2)3/h6H,4-5H2,1-3H3. The van der Waals surface area contributed by atoms with Crippen LogP contribution < -0.4 is 0 Å². The number of halogens is 2. The average molecular weight is 281 g/mol. The van der Waals surface area contributed by atoms with Crippen molar-refractivity contribution in [2.75, 3.05) is 6.61 Å². The predicted molar refractivity (Wildman–Crippen MR) is 64.4 cm³/mol. The van der Waals surface area contributed by atoms with E-state index >= 15 is 0 Å². The third kappa shape index (κ3) is 3.59. The van der Waals surface area contributed by atoms with Crippen molar-refractivity contribution in [2.45, 2.75) is 33.6 Å². The molecule has 0 amide bonds. The number of hydrogen-bond acceptors (Lipinski definition) is 4. The van der Waals surface area contributed by atoms with Gasteiger partial charge in [-0.05, 0) is 20.8 Å². The van der Waals surface area contributed by atoms with Crippen LogP contribution in [0.3, 0.4) is 0 Å². The summed E-state index contributed by atoms with van der Waals surface area (Å²) in [5, 5.41) is 0.220. The molecule has 0 aliphatic carbocycles. The van der Waals surface area contributed by atoms with Crippen LogP contribution in [0, 0.1) is 0 Å². The third-order valence-corrected chi connectivity index (χ3v) is 2.56. The molecule has 1 heterocycles. The highest BCUT2D eigenvalue weighted by molar-refractivity contribution is 6.40. The highest BCUT2D eigenvalue weighted by Gasteiger charge is 2.22. The van der Waals surface area contributed by atoms with E-state index in [0.717, 1.165) is 0 Å². The van der Waals surface area contributed by atoms with Gasteiger partial charge in [0.2, 0.25) is 5.82 Å². The van der Waals surface area contributed by atoms with E-state index < -0.39 is 5.97 Å². The van der Waals surface area contributed by atoms with Gasteiger partial charge in [-0.25, -0.2) is 9.78 Å². The molecule has 0 spiro atoms. The lowest BCUT2D eigenvalue weighted by Gasteiger charge is -2.10. The predicted octanol–water partition coefficient (Wildman–Crippen LogP) is 2.75. The Morgan fingerprint density at radius 3 is 2.65 bits per heavy atom. The van der Waals surface area contributed by atoms with Gasteiger partial charge >= 0.3 is 5.97 Å². The van der Waals surface area contributed by atoms with E-state index in [9.17, 15) is 4.79 Å². The Labute approximate surface area is 110 Å². The molecule has 0 radical (unpaired) electrons. The Hall–Kier alpha value is -0.780. The summed E-state index contributed by atoms with van der Waals surface area (Å²) in [4.78, 5) is 15.6. The van der Waals surface area contributed by atoms with Crippen molar-refractivity contribution in [2.24, 2.45) is 0 Å². The van der Waals surface area contributed by atoms with Gasteiger partial charge in [0, 0.05) is 6.61 Å². The highest BCUT2D eigenvalue weighted by atomic mass is 35.5. The fraction of sp³-hybridized carbons (Fsp3) is 0.600. The Morgan fingerprint density at radius 2 is 2.12 bits per heavy atom. The maximum absolute atomic E-state index is 11.7. The molecule has 1 aromatic rings. The topological polar surface area (TPSA) is 53.4 Å². The summed E-state index contributed by atoms with van der Waals surface area (Å²) in [6, 6.07) is 0. The van der Waals surface area contributed by atoms with Gasteiger partial charge in [0.15, 0.2) is 5.15 Å². The van der Waals surface area contributed by atoms with Crippen LogP contribution >= 0.6 is 23.2 Å². The summed E-state index contributed by atoms with van der Waals surface area (Å²) in [5.74, 6) is -0.532. The van der Waals surface area contributed by atoms with Gasteiger partial charge in [-0.15, -0.1) is 0 Å². The Kier molecular flexibility index (Phi) is 5.24. The number of aromatic nitrogens is 2. The van der Waals surface area contributed by atoms with Crippen LogP contribution in [0.1, 0.15) is 31.4 Å². The van der Waals surface area contributed by atoms with E-state index in [2.05, 4.69) is 4.98 Å². The van der Waals surface area contributed by atoms with E-state index in [0.29, 0.717) is 6.61 Å². The van der Waals surface area contributed by atoms with Gasteiger partial charge in [-0.3, -0.25) is 4.57 Å². The first kappa shape index (κ1) is 14.3. The molecular formula is C10H14Cl2N2O3. The summed E-state index contributed by atoms with van der Waals surface area (Å²) in [5.41, 5.74) is 0. The largest absolute Gasteiger partial charge is 0.457 e. The average Bonchev–Trinajstić information content (AvgIpc) is 2.52. The first-order valence-corrected chi connectivity index (χ1v) is 5.93. The lowest BCUT2D eigenvalue weighted by atomic mass is 10.5. The molecule has 1 rings (SSSR count). The maximum Gasteiger partial charge on any atom is 0.374 e. The molecule has 96 valence electrons. The molecule has 17 heavy (non-hydrogen) atoms. The first-order valence-electron chi connectivity index (χ1n) is 5.17. The number of imidazole rings is 1. The second-order valence-corrected chi connectivity index (χ2v) is 4.24. The van der Waals surface area contributed by atoms with Gasteiger partial charge in [0.05, 0.1) is 6.10 Å². The van der Waals surface area contributed by atoms with Crippen LogP contribution in [0.4, 0.5) is 0 Å². The van der Waals surface area contributed by atoms with Crippen LogP contribution in [0.5, 0.6) is 0 Å². The number of nitrogens with zero attached hydrogens (tertiary/aromatic N) is 2. The molecule has 0 unspecified atom stereocenters. The van der Waals surface area contributed by atoms with Crippen LogP contribution in [0.2, 0.25) is 10.3 Å². The molecule has 0 aliphatic rings. The van der Waals surface area contributed by atoms with Gasteiger partial charge < -0.3 is 9.47 Å². The van der Waals surface area contributed by atoms with E-state index in [1.54, 1.807) is 13.8 Å². The zero-order valence-electron chi connectivity index (χ0n) is 9.87. The number of rotatable bonds is 5. The second-order valence-electron chi connectivity index (χ2n) is 3.52. The molecule has 0 N–H and O–H groups in total.